The van der Waals surface area contributed by atoms with E-state index in [-0.39, 0.29) is 12.5 Å². The molecule has 1 aliphatic rings. The largest absolute Gasteiger partial charge is 0.394 e. The summed E-state index contributed by atoms with van der Waals surface area (Å²) in [5, 5.41) is 54.7. The fourth-order valence-corrected chi connectivity index (χ4v) is 11.3. The molecule has 0 radical (unpaired) electrons. The molecule has 0 aromatic carbocycles. The van der Waals surface area contributed by atoms with Gasteiger partial charge in [-0.25, -0.2) is 0 Å². The Bertz CT molecular complexity index is 1200. The van der Waals surface area contributed by atoms with Crippen molar-refractivity contribution in [3.63, 3.8) is 0 Å². The third-order valence-electron chi connectivity index (χ3n) is 16.6. The summed E-state index contributed by atoms with van der Waals surface area (Å²) >= 11 is 0. The van der Waals surface area contributed by atoms with Crippen molar-refractivity contribution in [3.05, 3.63) is 12.2 Å². The summed E-state index contributed by atoms with van der Waals surface area (Å²) in [6.07, 6.45) is 66.0. The van der Waals surface area contributed by atoms with Crippen LogP contribution in [0, 0.1) is 0 Å². The maximum Gasteiger partial charge on any atom is 0.220 e. The molecule has 0 spiro atoms. The van der Waals surface area contributed by atoms with Crippen molar-refractivity contribution >= 4 is 5.91 Å². The zero-order valence-corrected chi connectivity index (χ0v) is 50.5. The molecule has 9 heteroatoms. The van der Waals surface area contributed by atoms with Crippen molar-refractivity contribution in [2.75, 3.05) is 13.2 Å². The summed E-state index contributed by atoms with van der Waals surface area (Å²) < 4.78 is 11.3. The Balaban J connectivity index is 2.13. The number of hydrogen-bond acceptors (Lipinski definition) is 8. The first-order valence-electron chi connectivity index (χ1n) is 33.9. The summed E-state index contributed by atoms with van der Waals surface area (Å²) in [7, 11) is 0. The SMILES string of the molecule is CCCCCCCCCCCCCCCCCCCCCCCCCCCCCCC/C=C/C(O)C(COC1OC(CO)C(O)C(O)C1O)NC(=O)CCCCCCCCCCCCCCCCCCCCCCCC. The van der Waals surface area contributed by atoms with E-state index in [2.05, 4.69) is 19.2 Å². The number of rotatable bonds is 60. The number of carbonyl (C=O) groups excluding carboxylic acids is 1. The molecule has 1 amide bonds. The molecular weight excluding hydrogens is 947 g/mol. The van der Waals surface area contributed by atoms with Gasteiger partial charge in [0.1, 0.15) is 24.4 Å². The molecule has 7 atom stereocenters. The van der Waals surface area contributed by atoms with Gasteiger partial charge in [0.2, 0.25) is 5.91 Å². The van der Waals surface area contributed by atoms with Gasteiger partial charge in [0.05, 0.1) is 25.4 Å². The van der Waals surface area contributed by atoms with Gasteiger partial charge in [-0.1, -0.05) is 341 Å². The molecular formula is C67H131NO8. The van der Waals surface area contributed by atoms with E-state index in [0.29, 0.717) is 6.42 Å². The summed E-state index contributed by atoms with van der Waals surface area (Å²) in [5.74, 6) is -0.168. The predicted molar refractivity (Wildman–Crippen MR) is 323 cm³/mol. The van der Waals surface area contributed by atoms with Crippen molar-refractivity contribution in [2.45, 2.75) is 397 Å². The molecule has 7 unspecified atom stereocenters. The van der Waals surface area contributed by atoms with Crippen molar-refractivity contribution in [1.82, 2.24) is 5.32 Å². The van der Waals surface area contributed by atoms with Crippen LogP contribution in [0.4, 0.5) is 0 Å². The minimum Gasteiger partial charge on any atom is -0.394 e. The standard InChI is InChI=1S/C67H131NO8/c1-3-5-7-9-11-13-15-17-19-21-23-25-27-28-29-30-31-32-33-34-35-36-38-40-42-44-46-48-50-52-54-56-61(70)60(59-75-67-66(74)65(73)64(72)62(58-69)76-67)68-63(71)57-55-53-51-49-47-45-43-41-39-37-26-24-22-20-18-16-14-12-10-8-6-4-2/h54,56,60-62,64-67,69-70,72-74H,3-53,55,57-59H2,1-2H3,(H,68,71)/b56-54+. The van der Waals surface area contributed by atoms with Crippen LogP contribution in [0.1, 0.15) is 354 Å². The monoisotopic (exact) mass is 1080 g/mol. The number of aliphatic hydroxyl groups is 5. The Hall–Kier alpha value is -1.07. The number of unbranched alkanes of at least 4 members (excludes halogenated alkanes) is 50. The highest BCUT2D eigenvalue weighted by atomic mass is 16.7. The number of aliphatic hydroxyl groups excluding tert-OH is 5. The van der Waals surface area contributed by atoms with E-state index < -0.39 is 49.5 Å². The van der Waals surface area contributed by atoms with Crippen molar-refractivity contribution in [3.8, 4) is 0 Å². The van der Waals surface area contributed by atoms with Gasteiger partial charge >= 0.3 is 0 Å². The predicted octanol–water partition coefficient (Wildman–Crippen LogP) is 17.9. The molecule has 9 nitrogen and oxygen atoms in total. The van der Waals surface area contributed by atoms with Crippen LogP contribution in [0.5, 0.6) is 0 Å². The van der Waals surface area contributed by atoms with Gasteiger partial charge in [0.15, 0.2) is 6.29 Å². The van der Waals surface area contributed by atoms with Crippen LogP contribution in [-0.4, -0.2) is 87.5 Å². The van der Waals surface area contributed by atoms with E-state index in [1.54, 1.807) is 6.08 Å². The summed E-state index contributed by atoms with van der Waals surface area (Å²) in [6, 6.07) is -0.802. The molecule has 0 bridgehead atoms. The maximum absolute atomic E-state index is 13.1. The van der Waals surface area contributed by atoms with Crippen LogP contribution in [0.3, 0.4) is 0 Å². The van der Waals surface area contributed by atoms with Gasteiger partial charge in [0.25, 0.3) is 0 Å². The highest BCUT2D eigenvalue weighted by Gasteiger charge is 2.44. The fraction of sp³-hybridized carbons (Fsp3) is 0.955. The van der Waals surface area contributed by atoms with Gasteiger partial charge in [-0.3, -0.25) is 4.79 Å². The normalized spacial score (nSPS) is 18.8. The molecule has 1 rings (SSSR count). The molecule has 76 heavy (non-hydrogen) atoms. The first-order chi connectivity index (χ1) is 37.3. The van der Waals surface area contributed by atoms with Crippen molar-refractivity contribution < 1.29 is 39.8 Å². The maximum atomic E-state index is 13.1. The van der Waals surface area contributed by atoms with Crippen molar-refractivity contribution in [1.29, 1.82) is 0 Å². The molecule has 1 saturated heterocycles. The van der Waals surface area contributed by atoms with Gasteiger partial charge < -0.3 is 40.3 Å². The smallest absolute Gasteiger partial charge is 0.220 e. The molecule has 6 N–H and O–H groups in total. The second-order valence-electron chi connectivity index (χ2n) is 24.0. The third-order valence-corrected chi connectivity index (χ3v) is 16.6. The minimum absolute atomic E-state index is 0.168. The fourth-order valence-electron chi connectivity index (χ4n) is 11.3. The Labute approximate surface area is 471 Å². The van der Waals surface area contributed by atoms with Crippen molar-refractivity contribution in [2.24, 2.45) is 0 Å². The van der Waals surface area contributed by atoms with E-state index in [1.807, 2.05) is 6.08 Å². The minimum atomic E-state index is -1.56. The Morgan fingerprint density at radius 2 is 0.724 bits per heavy atom. The lowest BCUT2D eigenvalue weighted by Crippen LogP contribution is -2.60. The topological polar surface area (TPSA) is 149 Å². The van der Waals surface area contributed by atoms with Gasteiger partial charge in [0, 0.05) is 6.42 Å². The highest BCUT2D eigenvalue weighted by Crippen LogP contribution is 2.23. The number of ether oxygens (including phenoxy) is 2. The number of hydrogen-bond donors (Lipinski definition) is 6. The Morgan fingerprint density at radius 1 is 0.434 bits per heavy atom. The van der Waals surface area contributed by atoms with Crippen LogP contribution in [-0.2, 0) is 14.3 Å². The van der Waals surface area contributed by atoms with E-state index in [4.69, 9.17) is 9.47 Å². The number of allylic oxidation sites excluding steroid dienone is 1. The van der Waals surface area contributed by atoms with Gasteiger partial charge in [-0.2, -0.15) is 0 Å². The lowest BCUT2D eigenvalue weighted by molar-refractivity contribution is -0.302. The summed E-state index contributed by atoms with van der Waals surface area (Å²) in [6.45, 7) is 3.84. The van der Waals surface area contributed by atoms with Crippen LogP contribution in [0.15, 0.2) is 12.2 Å². The Kier molecular flexibility index (Phi) is 54.9. The molecule has 1 fully saturated rings. The average Bonchev–Trinajstić information content (AvgIpc) is 3.42. The highest BCUT2D eigenvalue weighted by molar-refractivity contribution is 5.76. The molecule has 0 aromatic heterocycles. The lowest BCUT2D eigenvalue weighted by atomic mass is 9.99. The first kappa shape index (κ1) is 72.9. The van der Waals surface area contributed by atoms with E-state index in [9.17, 15) is 30.3 Å². The molecule has 0 aliphatic carbocycles. The quantitative estimate of drug-likeness (QED) is 0.0261. The van der Waals surface area contributed by atoms with Gasteiger partial charge in [-0.15, -0.1) is 0 Å². The third kappa shape index (κ3) is 45.6. The van der Waals surface area contributed by atoms with Crippen LogP contribution in [0.2, 0.25) is 0 Å². The van der Waals surface area contributed by atoms with Crippen LogP contribution >= 0.6 is 0 Å². The number of nitrogens with one attached hydrogen (secondary N) is 1. The second-order valence-corrected chi connectivity index (χ2v) is 24.0. The second kappa shape index (κ2) is 57.2. The van der Waals surface area contributed by atoms with Crippen LogP contribution < -0.4 is 5.32 Å². The zero-order valence-electron chi connectivity index (χ0n) is 50.5. The molecule has 0 saturated carbocycles. The molecule has 1 heterocycles. The summed E-state index contributed by atoms with van der Waals surface area (Å²) in [4.78, 5) is 13.1. The Morgan fingerprint density at radius 3 is 1.03 bits per heavy atom. The van der Waals surface area contributed by atoms with Crippen LogP contribution in [0.25, 0.3) is 0 Å². The summed E-state index contributed by atoms with van der Waals surface area (Å²) in [5.41, 5.74) is 0. The molecule has 1 aliphatic heterocycles. The number of carbonyl (C=O) groups is 1. The van der Waals surface area contributed by atoms with E-state index >= 15 is 0 Å². The van der Waals surface area contributed by atoms with Gasteiger partial charge in [-0.05, 0) is 19.3 Å². The van der Waals surface area contributed by atoms with E-state index in [0.717, 1.165) is 38.5 Å². The number of amides is 1. The molecule has 452 valence electrons. The zero-order chi connectivity index (χ0) is 55.0. The molecule has 0 aromatic rings. The van der Waals surface area contributed by atoms with E-state index in [1.165, 1.54) is 295 Å². The first-order valence-corrected chi connectivity index (χ1v) is 33.9. The average molecular weight is 1080 g/mol. The lowest BCUT2D eigenvalue weighted by Gasteiger charge is -2.40.